The van der Waals surface area contributed by atoms with Crippen LogP contribution in [-0.4, -0.2) is 9.67 Å². The van der Waals surface area contributed by atoms with Gasteiger partial charge in [0, 0.05) is 18.3 Å². The van der Waals surface area contributed by atoms with Crippen LogP contribution < -0.4 is 0 Å². The number of aromatic nitrogens is 1. The van der Waals surface area contributed by atoms with E-state index >= 15 is 0 Å². The summed E-state index contributed by atoms with van der Waals surface area (Å²) in [5.74, 6) is 0.383. The second kappa shape index (κ2) is 4.57. The highest BCUT2D eigenvalue weighted by atomic mass is 16.3. The summed E-state index contributed by atoms with van der Waals surface area (Å²) in [6, 6.07) is 18.0. The van der Waals surface area contributed by atoms with Crippen molar-refractivity contribution in [3.05, 3.63) is 66.4 Å². The molecule has 0 aliphatic rings. The van der Waals surface area contributed by atoms with Crippen molar-refractivity contribution < 1.29 is 5.11 Å². The van der Waals surface area contributed by atoms with E-state index in [0.29, 0.717) is 5.75 Å². The third-order valence-electron chi connectivity index (χ3n) is 3.29. The Kier molecular flexibility index (Phi) is 2.77. The predicted molar refractivity (Wildman–Crippen MR) is 73.7 cm³/mol. The van der Waals surface area contributed by atoms with Gasteiger partial charge in [0.2, 0.25) is 0 Å². The van der Waals surface area contributed by atoms with E-state index in [4.69, 9.17) is 0 Å². The van der Waals surface area contributed by atoms with Gasteiger partial charge in [-0.25, -0.2) is 0 Å². The first-order chi connectivity index (χ1) is 8.84. The molecule has 0 saturated carbocycles. The molecule has 0 unspecified atom stereocenters. The summed E-state index contributed by atoms with van der Waals surface area (Å²) in [6.45, 7) is 0.880. The Morgan fingerprint density at radius 3 is 2.56 bits per heavy atom. The van der Waals surface area contributed by atoms with Crippen LogP contribution in [0, 0.1) is 0 Å². The summed E-state index contributed by atoms with van der Waals surface area (Å²) in [7, 11) is 0. The SMILES string of the molecule is Oc1ccccc1CCn1ccc2ccccc21. The summed E-state index contributed by atoms with van der Waals surface area (Å²) < 4.78 is 2.22. The lowest BCUT2D eigenvalue weighted by atomic mass is 10.1. The van der Waals surface area contributed by atoms with Crippen LogP contribution >= 0.6 is 0 Å². The molecular formula is C16H15NO. The molecule has 0 spiro atoms. The van der Waals surface area contributed by atoms with Crippen molar-refractivity contribution in [1.82, 2.24) is 4.57 Å². The van der Waals surface area contributed by atoms with Crippen LogP contribution in [0.1, 0.15) is 5.56 Å². The van der Waals surface area contributed by atoms with Gasteiger partial charge in [0.05, 0.1) is 0 Å². The topological polar surface area (TPSA) is 25.2 Å². The number of fused-ring (bicyclic) bond motifs is 1. The molecule has 0 aliphatic heterocycles. The van der Waals surface area contributed by atoms with E-state index in [1.54, 1.807) is 6.07 Å². The third-order valence-corrected chi connectivity index (χ3v) is 3.29. The van der Waals surface area contributed by atoms with E-state index in [2.05, 4.69) is 41.1 Å². The van der Waals surface area contributed by atoms with Gasteiger partial charge < -0.3 is 9.67 Å². The fourth-order valence-corrected chi connectivity index (χ4v) is 2.30. The standard InChI is InChI=1S/C16H15NO/c18-16-8-4-2-6-14(16)10-12-17-11-9-13-5-1-3-7-15(13)17/h1-9,11,18H,10,12H2. The van der Waals surface area contributed by atoms with E-state index in [1.807, 2.05) is 18.2 Å². The molecule has 90 valence electrons. The van der Waals surface area contributed by atoms with Crippen molar-refractivity contribution in [3.8, 4) is 5.75 Å². The Balaban J connectivity index is 1.83. The first-order valence-corrected chi connectivity index (χ1v) is 6.15. The lowest BCUT2D eigenvalue weighted by Gasteiger charge is -2.07. The number of aryl methyl sites for hydroxylation is 2. The second-order valence-electron chi connectivity index (χ2n) is 4.45. The van der Waals surface area contributed by atoms with Crippen LogP contribution in [0.5, 0.6) is 5.75 Å². The summed E-state index contributed by atoms with van der Waals surface area (Å²) in [5.41, 5.74) is 2.24. The molecule has 0 radical (unpaired) electrons. The average molecular weight is 237 g/mol. The molecule has 1 N–H and O–H groups in total. The highest BCUT2D eigenvalue weighted by molar-refractivity contribution is 5.79. The van der Waals surface area contributed by atoms with Crippen molar-refractivity contribution in [1.29, 1.82) is 0 Å². The largest absolute Gasteiger partial charge is 0.508 e. The molecule has 0 fully saturated rings. The van der Waals surface area contributed by atoms with Crippen molar-refractivity contribution in [2.75, 3.05) is 0 Å². The highest BCUT2D eigenvalue weighted by Crippen LogP contribution is 2.19. The fourth-order valence-electron chi connectivity index (χ4n) is 2.30. The van der Waals surface area contributed by atoms with Crippen molar-refractivity contribution >= 4 is 10.9 Å². The average Bonchev–Trinajstić information content (AvgIpc) is 2.81. The van der Waals surface area contributed by atoms with E-state index in [-0.39, 0.29) is 0 Å². The zero-order valence-corrected chi connectivity index (χ0v) is 10.1. The maximum atomic E-state index is 9.74. The molecule has 2 heteroatoms. The molecule has 2 nitrogen and oxygen atoms in total. The van der Waals surface area contributed by atoms with Gasteiger partial charge in [-0.05, 0) is 35.6 Å². The zero-order valence-electron chi connectivity index (χ0n) is 10.1. The molecular weight excluding hydrogens is 222 g/mol. The highest BCUT2D eigenvalue weighted by Gasteiger charge is 2.02. The Morgan fingerprint density at radius 1 is 0.889 bits per heavy atom. The monoisotopic (exact) mass is 237 g/mol. The van der Waals surface area contributed by atoms with Crippen LogP contribution in [-0.2, 0) is 13.0 Å². The number of phenols is 1. The number of phenolic OH excluding ortho intramolecular Hbond substituents is 1. The lowest BCUT2D eigenvalue weighted by molar-refractivity contribution is 0.466. The van der Waals surface area contributed by atoms with Crippen LogP contribution in [0.15, 0.2) is 60.8 Å². The minimum atomic E-state index is 0.383. The molecule has 18 heavy (non-hydrogen) atoms. The molecule has 1 heterocycles. The molecule has 0 aliphatic carbocycles. The van der Waals surface area contributed by atoms with Gasteiger partial charge in [0.15, 0.2) is 0 Å². The van der Waals surface area contributed by atoms with E-state index < -0.39 is 0 Å². The first-order valence-electron chi connectivity index (χ1n) is 6.15. The Bertz CT molecular complexity index is 669. The van der Waals surface area contributed by atoms with Gasteiger partial charge in [0.1, 0.15) is 5.75 Å². The number of rotatable bonds is 3. The lowest BCUT2D eigenvalue weighted by Crippen LogP contribution is -1.99. The number of benzene rings is 2. The van der Waals surface area contributed by atoms with Crippen molar-refractivity contribution in [2.24, 2.45) is 0 Å². The Morgan fingerprint density at radius 2 is 1.67 bits per heavy atom. The van der Waals surface area contributed by atoms with Gasteiger partial charge in [0.25, 0.3) is 0 Å². The molecule has 3 aromatic rings. The van der Waals surface area contributed by atoms with Crippen LogP contribution in [0.4, 0.5) is 0 Å². The Hall–Kier alpha value is -2.22. The van der Waals surface area contributed by atoms with Gasteiger partial charge in [-0.15, -0.1) is 0 Å². The summed E-state index contributed by atoms with van der Waals surface area (Å²) in [6.07, 6.45) is 2.94. The maximum absolute atomic E-state index is 9.74. The molecule has 0 atom stereocenters. The molecule has 0 amide bonds. The number of nitrogens with zero attached hydrogens (tertiary/aromatic N) is 1. The van der Waals surface area contributed by atoms with Crippen molar-refractivity contribution in [2.45, 2.75) is 13.0 Å². The molecule has 3 rings (SSSR count). The minimum Gasteiger partial charge on any atom is -0.508 e. The Labute approximate surface area is 106 Å². The summed E-state index contributed by atoms with van der Waals surface area (Å²) in [5, 5.41) is 11.0. The normalized spacial score (nSPS) is 10.9. The van der Waals surface area contributed by atoms with Crippen LogP contribution in [0.25, 0.3) is 10.9 Å². The molecule has 1 aromatic heterocycles. The second-order valence-corrected chi connectivity index (χ2v) is 4.45. The number of hydrogen-bond donors (Lipinski definition) is 1. The first kappa shape index (κ1) is 10.9. The molecule has 0 saturated heterocycles. The van der Waals surface area contributed by atoms with Crippen LogP contribution in [0.2, 0.25) is 0 Å². The molecule has 0 bridgehead atoms. The number of hydrogen-bond acceptors (Lipinski definition) is 1. The van der Waals surface area contributed by atoms with E-state index in [9.17, 15) is 5.11 Å². The maximum Gasteiger partial charge on any atom is 0.118 e. The quantitative estimate of drug-likeness (QED) is 0.740. The summed E-state index contributed by atoms with van der Waals surface area (Å²) >= 11 is 0. The predicted octanol–water partition coefficient (Wildman–Crippen LogP) is 3.59. The van der Waals surface area contributed by atoms with E-state index in [1.165, 1.54) is 10.9 Å². The fraction of sp³-hybridized carbons (Fsp3) is 0.125. The number of aromatic hydroxyl groups is 1. The van der Waals surface area contributed by atoms with Gasteiger partial charge in [-0.1, -0.05) is 36.4 Å². The van der Waals surface area contributed by atoms with Crippen molar-refractivity contribution in [3.63, 3.8) is 0 Å². The zero-order chi connectivity index (χ0) is 12.4. The smallest absolute Gasteiger partial charge is 0.118 e. The minimum absolute atomic E-state index is 0.383. The van der Waals surface area contributed by atoms with Gasteiger partial charge >= 0.3 is 0 Å². The summed E-state index contributed by atoms with van der Waals surface area (Å²) in [4.78, 5) is 0. The van der Waals surface area contributed by atoms with Crippen LogP contribution in [0.3, 0.4) is 0 Å². The van der Waals surface area contributed by atoms with E-state index in [0.717, 1.165) is 18.5 Å². The van der Waals surface area contributed by atoms with Gasteiger partial charge in [-0.3, -0.25) is 0 Å². The third kappa shape index (κ3) is 1.97. The van der Waals surface area contributed by atoms with Gasteiger partial charge in [-0.2, -0.15) is 0 Å². The number of para-hydroxylation sites is 2. The molecule has 2 aromatic carbocycles.